The molecule has 1 aromatic heterocycles. The predicted molar refractivity (Wildman–Crippen MR) is 118 cm³/mol. The van der Waals surface area contributed by atoms with Crippen LogP contribution in [-0.4, -0.2) is 33.3 Å². The first-order valence-corrected chi connectivity index (χ1v) is 10.1. The van der Waals surface area contributed by atoms with Gasteiger partial charge in [-0.2, -0.15) is 0 Å². The second-order valence-corrected chi connectivity index (χ2v) is 6.94. The van der Waals surface area contributed by atoms with E-state index in [1.807, 2.05) is 36.4 Å². The van der Waals surface area contributed by atoms with Gasteiger partial charge in [-0.25, -0.2) is 9.59 Å². The molecule has 0 N–H and O–H groups in total. The summed E-state index contributed by atoms with van der Waals surface area (Å²) >= 11 is 0. The monoisotopic (exact) mass is 409 g/mol. The Morgan fingerprint density at radius 3 is 2.40 bits per heavy atom. The summed E-state index contributed by atoms with van der Waals surface area (Å²) in [4.78, 5) is 27.0. The molecule has 30 heavy (non-hydrogen) atoms. The molecule has 0 radical (unpaired) electrons. The fraction of sp³-hybridized carbons (Fsp3) is 0.333. The van der Waals surface area contributed by atoms with E-state index in [-0.39, 0.29) is 5.63 Å². The fourth-order valence-corrected chi connectivity index (χ4v) is 3.66. The molecule has 2 aromatic carbocycles. The summed E-state index contributed by atoms with van der Waals surface area (Å²) in [5.74, 6) is -0.00856. The van der Waals surface area contributed by atoms with Crippen molar-refractivity contribution in [2.24, 2.45) is 0 Å². The first kappa shape index (κ1) is 21.4. The third-order valence-electron chi connectivity index (χ3n) is 5.31. The average molecular weight is 409 g/mol. The lowest BCUT2D eigenvalue weighted by atomic mass is 9.99. The van der Waals surface area contributed by atoms with E-state index in [0.717, 1.165) is 29.7 Å². The molecule has 0 atom stereocenters. The van der Waals surface area contributed by atoms with Crippen molar-refractivity contribution in [3.05, 3.63) is 69.6 Å². The largest absolute Gasteiger partial charge is 0.496 e. The molecule has 0 bridgehead atoms. The highest BCUT2D eigenvalue weighted by Gasteiger charge is 2.18. The van der Waals surface area contributed by atoms with Gasteiger partial charge in [-0.05, 0) is 56.5 Å². The van der Waals surface area contributed by atoms with Crippen LogP contribution in [0.2, 0.25) is 0 Å². The minimum absolute atomic E-state index is 0.360. The molecule has 3 aromatic rings. The van der Waals surface area contributed by atoms with Crippen molar-refractivity contribution in [1.29, 1.82) is 0 Å². The van der Waals surface area contributed by atoms with E-state index < -0.39 is 5.97 Å². The molecule has 0 aliphatic carbocycles. The molecule has 0 unspecified atom stereocenters. The lowest BCUT2D eigenvalue weighted by molar-refractivity contribution is 0.0595. The summed E-state index contributed by atoms with van der Waals surface area (Å²) in [5, 5.41) is 0.874. The fourth-order valence-electron chi connectivity index (χ4n) is 3.66. The predicted octanol–water partition coefficient (Wildman–Crippen LogP) is 4.22. The number of nitrogens with zero attached hydrogens (tertiary/aromatic N) is 1. The summed E-state index contributed by atoms with van der Waals surface area (Å²) in [6.07, 6.45) is 0.919. The molecule has 1 heterocycles. The van der Waals surface area contributed by atoms with Gasteiger partial charge in [-0.1, -0.05) is 12.1 Å². The number of hydrogen-bond donors (Lipinski definition) is 0. The van der Waals surface area contributed by atoms with E-state index in [4.69, 9.17) is 13.9 Å². The number of rotatable bonds is 8. The van der Waals surface area contributed by atoms with Crippen molar-refractivity contribution in [2.75, 3.05) is 32.2 Å². The Labute approximate surface area is 176 Å². The zero-order valence-electron chi connectivity index (χ0n) is 17.9. The molecule has 0 aliphatic rings. The van der Waals surface area contributed by atoms with E-state index in [0.29, 0.717) is 35.3 Å². The summed E-state index contributed by atoms with van der Waals surface area (Å²) in [6, 6.07) is 13.2. The third-order valence-corrected chi connectivity index (χ3v) is 5.31. The van der Waals surface area contributed by atoms with E-state index in [1.54, 1.807) is 6.07 Å². The quantitative estimate of drug-likeness (QED) is 0.410. The van der Waals surface area contributed by atoms with Crippen LogP contribution in [-0.2, 0) is 17.6 Å². The molecule has 0 amide bonds. The van der Waals surface area contributed by atoms with Crippen molar-refractivity contribution in [3.63, 3.8) is 0 Å². The smallest absolute Gasteiger partial charge is 0.341 e. The molecular formula is C24H27NO5. The maximum atomic E-state index is 12.6. The number of fused-ring (bicyclic) bond motifs is 1. The van der Waals surface area contributed by atoms with Gasteiger partial charge in [0.05, 0.1) is 14.2 Å². The Morgan fingerprint density at radius 1 is 1.00 bits per heavy atom. The molecule has 0 saturated carbocycles. The first-order valence-electron chi connectivity index (χ1n) is 10.1. The minimum atomic E-state index is -0.461. The number of benzene rings is 2. The summed E-state index contributed by atoms with van der Waals surface area (Å²) in [5.41, 5.74) is 2.96. The molecule has 3 rings (SSSR count). The van der Waals surface area contributed by atoms with Crippen LogP contribution in [0.25, 0.3) is 11.0 Å². The van der Waals surface area contributed by atoms with E-state index in [2.05, 4.69) is 18.7 Å². The number of ether oxygens (including phenoxy) is 2. The van der Waals surface area contributed by atoms with Gasteiger partial charge in [0.2, 0.25) is 0 Å². The van der Waals surface area contributed by atoms with Crippen LogP contribution in [0.3, 0.4) is 0 Å². The van der Waals surface area contributed by atoms with Crippen molar-refractivity contribution in [1.82, 2.24) is 0 Å². The zero-order valence-corrected chi connectivity index (χ0v) is 17.9. The van der Waals surface area contributed by atoms with Crippen LogP contribution in [0.15, 0.2) is 51.7 Å². The Balaban J connectivity index is 1.90. The van der Waals surface area contributed by atoms with Crippen LogP contribution < -0.4 is 15.3 Å². The summed E-state index contributed by atoms with van der Waals surface area (Å²) < 4.78 is 15.8. The number of esters is 1. The van der Waals surface area contributed by atoms with E-state index >= 15 is 0 Å². The van der Waals surface area contributed by atoms with Gasteiger partial charge in [0.1, 0.15) is 16.9 Å². The maximum absolute atomic E-state index is 12.6. The van der Waals surface area contributed by atoms with Gasteiger partial charge in [0, 0.05) is 35.8 Å². The topological polar surface area (TPSA) is 69.0 Å². The zero-order chi connectivity index (χ0) is 21.7. The highest BCUT2D eigenvalue weighted by atomic mass is 16.5. The van der Waals surface area contributed by atoms with Crippen molar-refractivity contribution in [3.8, 4) is 5.75 Å². The van der Waals surface area contributed by atoms with Crippen LogP contribution in [0.4, 0.5) is 5.69 Å². The maximum Gasteiger partial charge on any atom is 0.341 e. The lowest BCUT2D eigenvalue weighted by Crippen LogP contribution is -2.21. The summed E-state index contributed by atoms with van der Waals surface area (Å²) in [6.45, 7) is 5.95. The Hall–Kier alpha value is -3.28. The van der Waals surface area contributed by atoms with Gasteiger partial charge in [0.15, 0.2) is 0 Å². The molecule has 0 spiro atoms. The number of hydrogen-bond acceptors (Lipinski definition) is 6. The molecule has 6 nitrogen and oxygen atoms in total. The van der Waals surface area contributed by atoms with Crippen LogP contribution in [0.1, 0.15) is 35.3 Å². The van der Waals surface area contributed by atoms with Crippen LogP contribution >= 0.6 is 0 Å². The standard InChI is InChI=1S/C24H27NO5/c1-5-25(6-2)19-13-12-17-14-18(23(26)30-21(17)15-19)11-10-16-8-7-9-20(28-3)22(16)24(27)29-4/h7-9,12-15H,5-6,10-11H2,1-4H3. The second-order valence-electron chi connectivity index (χ2n) is 6.94. The highest BCUT2D eigenvalue weighted by Crippen LogP contribution is 2.25. The second kappa shape index (κ2) is 9.48. The normalized spacial score (nSPS) is 10.8. The van der Waals surface area contributed by atoms with E-state index in [1.165, 1.54) is 14.2 Å². The van der Waals surface area contributed by atoms with Gasteiger partial charge >= 0.3 is 11.6 Å². The minimum Gasteiger partial charge on any atom is -0.496 e. The van der Waals surface area contributed by atoms with Gasteiger partial charge in [0.25, 0.3) is 0 Å². The van der Waals surface area contributed by atoms with Crippen LogP contribution in [0, 0.1) is 0 Å². The number of carbonyl (C=O) groups is 1. The number of anilines is 1. The Kier molecular flexibility index (Phi) is 6.77. The molecule has 0 aliphatic heterocycles. The third kappa shape index (κ3) is 4.32. The SMILES string of the molecule is CCN(CC)c1ccc2cc(CCc3cccc(OC)c3C(=O)OC)c(=O)oc2c1. The lowest BCUT2D eigenvalue weighted by Gasteiger charge is -2.21. The summed E-state index contributed by atoms with van der Waals surface area (Å²) in [7, 11) is 2.85. The number of methoxy groups -OCH3 is 2. The first-order chi connectivity index (χ1) is 14.5. The molecule has 158 valence electrons. The highest BCUT2D eigenvalue weighted by molar-refractivity contribution is 5.94. The molecular weight excluding hydrogens is 382 g/mol. The van der Waals surface area contributed by atoms with Gasteiger partial charge in [-0.3, -0.25) is 0 Å². The van der Waals surface area contributed by atoms with Gasteiger partial charge in [-0.15, -0.1) is 0 Å². The van der Waals surface area contributed by atoms with Crippen LogP contribution in [0.5, 0.6) is 5.75 Å². The van der Waals surface area contributed by atoms with E-state index in [9.17, 15) is 9.59 Å². The molecule has 6 heteroatoms. The molecule has 0 fully saturated rings. The van der Waals surface area contributed by atoms with Crippen molar-refractivity contribution >= 4 is 22.6 Å². The number of aryl methyl sites for hydroxylation is 2. The van der Waals surface area contributed by atoms with Crippen molar-refractivity contribution < 1.29 is 18.7 Å². The Morgan fingerprint density at radius 2 is 1.73 bits per heavy atom. The average Bonchev–Trinajstić information content (AvgIpc) is 2.77. The van der Waals surface area contributed by atoms with Gasteiger partial charge < -0.3 is 18.8 Å². The van der Waals surface area contributed by atoms with Crippen molar-refractivity contribution in [2.45, 2.75) is 26.7 Å². The number of carbonyl (C=O) groups excluding carboxylic acids is 1. The Bertz CT molecular complexity index is 1100. The molecule has 0 saturated heterocycles.